The quantitative estimate of drug-likeness (QED) is 0.569. The highest BCUT2D eigenvalue weighted by Crippen LogP contribution is 2.32. The summed E-state index contributed by atoms with van der Waals surface area (Å²) < 4.78 is 14.8. The molecule has 1 aliphatic rings. The maximum absolute atomic E-state index is 12.0. The van der Waals surface area contributed by atoms with Gasteiger partial charge in [0.15, 0.2) is 0 Å². The normalized spacial score (nSPS) is 15.0. The minimum absolute atomic E-state index is 0.00179. The van der Waals surface area contributed by atoms with Crippen LogP contribution in [0, 0.1) is 12.3 Å². The van der Waals surface area contributed by atoms with Crippen LogP contribution < -0.4 is 10.3 Å². The van der Waals surface area contributed by atoms with E-state index < -0.39 is 0 Å². The summed E-state index contributed by atoms with van der Waals surface area (Å²) in [5.41, 5.74) is 3.85. The summed E-state index contributed by atoms with van der Waals surface area (Å²) in [5.74, 6) is 0.634. The molecule has 1 saturated heterocycles. The molecule has 1 fully saturated rings. The van der Waals surface area contributed by atoms with E-state index in [4.69, 9.17) is 9.47 Å². The van der Waals surface area contributed by atoms with Crippen molar-refractivity contribution in [3.05, 3.63) is 58.9 Å². The molecule has 0 bridgehead atoms. The summed E-state index contributed by atoms with van der Waals surface area (Å²) in [5, 5.41) is 4.48. The Bertz CT molecular complexity index is 1080. The third-order valence-electron chi connectivity index (χ3n) is 5.74. The van der Waals surface area contributed by atoms with Gasteiger partial charge in [-0.2, -0.15) is 5.10 Å². The van der Waals surface area contributed by atoms with Gasteiger partial charge < -0.3 is 14.0 Å². The topological polar surface area (TPSA) is 71.2 Å². The van der Waals surface area contributed by atoms with Gasteiger partial charge in [-0.3, -0.25) is 4.79 Å². The smallest absolute Gasteiger partial charge is 0.250 e. The van der Waals surface area contributed by atoms with Crippen LogP contribution in [0.15, 0.2) is 47.7 Å². The first kappa shape index (κ1) is 20.3. The van der Waals surface area contributed by atoms with E-state index in [-0.39, 0.29) is 11.0 Å². The average molecular weight is 409 g/mol. The molecule has 7 nitrogen and oxygen atoms in total. The van der Waals surface area contributed by atoms with E-state index in [0.29, 0.717) is 19.0 Å². The Kier molecular flexibility index (Phi) is 5.72. The molecule has 0 unspecified atom stereocenters. The maximum Gasteiger partial charge on any atom is 0.250 e. The summed E-state index contributed by atoms with van der Waals surface area (Å²) in [7, 11) is 0. The van der Waals surface area contributed by atoms with Crippen molar-refractivity contribution in [1.29, 1.82) is 0 Å². The van der Waals surface area contributed by atoms with Gasteiger partial charge in [0.1, 0.15) is 0 Å². The van der Waals surface area contributed by atoms with Gasteiger partial charge in [0.05, 0.1) is 37.1 Å². The summed E-state index contributed by atoms with van der Waals surface area (Å²) in [4.78, 5) is 16.6. The van der Waals surface area contributed by atoms with Gasteiger partial charge in [-0.05, 0) is 31.9 Å². The zero-order valence-corrected chi connectivity index (χ0v) is 17.8. The van der Waals surface area contributed by atoms with Crippen LogP contribution in [0.1, 0.15) is 32.4 Å². The van der Waals surface area contributed by atoms with Crippen LogP contribution in [-0.4, -0.2) is 39.2 Å². The number of aryl methyl sites for hydroxylation is 2. The Morgan fingerprint density at radius 2 is 2.00 bits per heavy atom. The molecule has 3 aromatic heterocycles. The largest absolute Gasteiger partial charge is 0.477 e. The van der Waals surface area contributed by atoms with Crippen LogP contribution in [0.2, 0.25) is 0 Å². The number of ether oxygens (including phenoxy) is 2. The minimum Gasteiger partial charge on any atom is -0.477 e. The molecule has 4 rings (SSSR count). The molecule has 0 radical (unpaired) electrons. The third kappa shape index (κ3) is 4.03. The second-order valence-electron chi connectivity index (χ2n) is 8.01. The molecule has 0 spiro atoms. The van der Waals surface area contributed by atoms with Gasteiger partial charge in [0.25, 0.3) is 5.56 Å². The Labute approximate surface area is 176 Å². The van der Waals surface area contributed by atoms with Crippen LogP contribution in [0.4, 0.5) is 0 Å². The SMILES string of the molecule is CCCn1cc(-n2cc(-c3ccc(OCC4(CC)COC4)nc3C)cn2)ccc1=O. The summed E-state index contributed by atoms with van der Waals surface area (Å²) in [6, 6.07) is 7.31. The van der Waals surface area contributed by atoms with Gasteiger partial charge in [-0.25, -0.2) is 9.67 Å². The molecule has 30 heavy (non-hydrogen) atoms. The second-order valence-corrected chi connectivity index (χ2v) is 8.01. The van der Waals surface area contributed by atoms with Crippen LogP contribution in [0.25, 0.3) is 16.8 Å². The average Bonchev–Trinajstić information content (AvgIpc) is 3.19. The monoisotopic (exact) mass is 408 g/mol. The van der Waals surface area contributed by atoms with Crippen molar-refractivity contribution in [2.24, 2.45) is 5.41 Å². The Balaban J connectivity index is 1.52. The fraction of sp³-hybridized carbons (Fsp3) is 0.435. The van der Waals surface area contributed by atoms with E-state index in [1.165, 1.54) is 0 Å². The van der Waals surface area contributed by atoms with E-state index in [1.807, 2.05) is 37.6 Å². The molecule has 0 amide bonds. The molecule has 158 valence electrons. The van der Waals surface area contributed by atoms with Crippen molar-refractivity contribution in [1.82, 2.24) is 19.3 Å². The number of pyridine rings is 2. The molecule has 1 aliphatic heterocycles. The van der Waals surface area contributed by atoms with Crippen LogP contribution in [0.5, 0.6) is 5.88 Å². The van der Waals surface area contributed by atoms with Crippen molar-refractivity contribution in [2.75, 3.05) is 19.8 Å². The number of hydrogen-bond donors (Lipinski definition) is 0. The Morgan fingerprint density at radius 3 is 2.67 bits per heavy atom. The van der Waals surface area contributed by atoms with Gasteiger partial charge in [0.2, 0.25) is 5.88 Å². The Hall–Kier alpha value is -2.93. The van der Waals surface area contributed by atoms with Crippen molar-refractivity contribution < 1.29 is 9.47 Å². The molecule has 4 heterocycles. The molecule has 3 aromatic rings. The predicted molar refractivity (Wildman–Crippen MR) is 115 cm³/mol. The van der Waals surface area contributed by atoms with E-state index in [9.17, 15) is 4.79 Å². The number of aromatic nitrogens is 4. The maximum atomic E-state index is 12.0. The van der Waals surface area contributed by atoms with Gasteiger partial charge in [-0.1, -0.05) is 13.8 Å². The summed E-state index contributed by atoms with van der Waals surface area (Å²) in [6.07, 6.45) is 7.56. The Morgan fingerprint density at radius 1 is 1.17 bits per heavy atom. The zero-order chi connectivity index (χ0) is 21.1. The zero-order valence-electron chi connectivity index (χ0n) is 17.8. The molecule has 7 heteroatoms. The number of nitrogens with zero attached hydrogens (tertiary/aromatic N) is 4. The van der Waals surface area contributed by atoms with E-state index in [2.05, 4.69) is 23.9 Å². The van der Waals surface area contributed by atoms with Crippen LogP contribution in [0.3, 0.4) is 0 Å². The lowest BCUT2D eigenvalue weighted by atomic mass is 9.84. The third-order valence-corrected chi connectivity index (χ3v) is 5.74. The lowest BCUT2D eigenvalue weighted by Crippen LogP contribution is -2.46. The summed E-state index contributed by atoms with van der Waals surface area (Å²) >= 11 is 0. The molecular formula is C23H28N4O3. The second kappa shape index (κ2) is 8.44. The number of hydrogen-bond acceptors (Lipinski definition) is 5. The van der Waals surface area contributed by atoms with E-state index in [1.54, 1.807) is 21.4 Å². The summed E-state index contributed by atoms with van der Waals surface area (Å²) in [6.45, 7) is 9.02. The first-order valence-corrected chi connectivity index (χ1v) is 10.5. The van der Waals surface area contributed by atoms with Crippen molar-refractivity contribution in [3.8, 4) is 22.7 Å². The van der Waals surface area contributed by atoms with Gasteiger partial charge in [-0.15, -0.1) is 0 Å². The van der Waals surface area contributed by atoms with Crippen molar-refractivity contribution in [3.63, 3.8) is 0 Å². The lowest BCUT2D eigenvalue weighted by molar-refractivity contribution is -0.134. The van der Waals surface area contributed by atoms with E-state index in [0.717, 1.165) is 48.6 Å². The molecule has 0 aromatic carbocycles. The number of rotatable bonds is 8. The molecular weight excluding hydrogens is 380 g/mol. The first-order chi connectivity index (χ1) is 14.5. The predicted octanol–water partition coefficient (Wildman–Crippen LogP) is 3.62. The fourth-order valence-electron chi connectivity index (χ4n) is 3.60. The lowest BCUT2D eigenvalue weighted by Gasteiger charge is -2.40. The van der Waals surface area contributed by atoms with E-state index >= 15 is 0 Å². The van der Waals surface area contributed by atoms with Crippen molar-refractivity contribution in [2.45, 2.75) is 40.2 Å². The molecule has 0 aliphatic carbocycles. The van der Waals surface area contributed by atoms with Crippen molar-refractivity contribution >= 4 is 0 Å². The highest BCUT2D eigenvalue weighted by atomic mass is 16.5. The first-order valence-electron chi connectivity index (χ1n) is 10.5. The highest BCUT2D eigenvalue weighted by molar-refractivity contribution is 5.65. The van der Waals surface area contributed by atoms with Gasteiger partial charge >= 0.3 is 0 Å². The standard InChI is InChI=1S/C23H28N4O3/c1-4-10-26-13-19(6-9-22(26)28)27-12-18(11-24-27)20-7-8-21(25-17(20)3)30-16-23(5-2)14-29-15-23/h6-9,11-13H,4-5,10,14-16H2,1-3H3. The van der Waals surface area contributed by atoms with Crippen LogP contribution in [-0.2, 0) is 11.3 Å². The minimum atomic E-state index is 0.00179. The fourth-order valence-corrected chi connectivity index (χ4v) is 3.60. The molecule has 0 N–H and O–H groups in total. The van der Waals surface area contributed by atoms with Gasteiger partial charge in [0, 0.05) is 47.9 Å². The molecule has 0 saturated carbocycles. The molecule has 0 atom stereocenters. The highest BCUT2D eigenvalue weighted by Gasteiger charge is 2.37. The van der Waals surface area contributed by atoms with Crippen LogP contribution >= 0.6 is 0 Å².